The summed E-state index contributed by atoms with van der Waals surface area (Å²) >= 11 is 0. The molecule has 1 aliphatic heterocycles. The molecule has 1 fully saturated rings. The first-order chi connectivity index (χ1) is 11.6. The molecule has 0 radical (unpaired) electrons. The Morgan fingerprint density at radius 3 is 1.71 bits per heavy atom. The van der Waals surface area contributed by atoms with E-state index in [2.05, 4.69) is 57.3 Å². The van der Waals surface area contributed by atoms with Gasteiger partial charge in [0.05, 0.1) is 23.5 Å². The van der Waals surface area contributed by atoms with Crippen molar-refractivity contribution in [1.29, 1.82) is 0 Å². The van der Waals surface area contributed by atoms with Crippen LogP contribution < -0.4 is 5.32 Å². The number of hydrogen-bond acceptors (Lipinski definition) is 3. The summed E-state index contributed by atoms with van der Waals surface area (Å²) in [5.74, 6) is 0.994. The largest absolute Gasteiger partial charge is 0.300 e. The molecule has 0 aliphatic carbocycles. The van der Waals surface area contributed by atoms with Gasteiger partial charge >= 0.3 is 0 Å². The Bertz CT molecular complexity index is 621. The van der Waals surface area contributed by atoms with E-state index in [-0.39, 0.29) is 0 Å². The van der Waals surface area contributed by atoms with Crippen molar-refractivity contribution in [1.82, 2.24) is 15.3 Å². The van der Waals surface area contributed by atoms with E-state index in [9.17, 15) is 0 Å². The molecule has 0 spiro atoms. The van der Waals surface area contributed by atoms with Gasteiger partial charge in [-0.1, -0.05) is 39.8 Å². The van der Waals surface area contributed by atoms with Gasteiger partial charge in [0.25, 0.3) is 0 Å². The summed E-state index contributed by atoms with van der Waals surface area (Å²) in [6.07, 6.45) is 7.36. The van der Waals surface area contributed by atoms with Crippen molar-refractivity contribution in [3.05, 3.63) is 59.2 Å². The van der Waals surface area contributed by atoms with E-state index in [4.69, 9.17) is 9.97 Å². The monoisotopic (exact) mass is 323 g/mol. The molecule has 128 valence electrons. The first-order valence-electron chi connectivity index (χ1n) is 9.23. The van der Waals surface area contributed by atoms with Crippen molar-refractivity contribution >= 4 is 0 Å². The average molecular weight is 323 g/mol. The second-order valence-electron chi connectivity index (χ2n) is 7.47. The van der Waals surface area contributed by atoms with Crippen molar-refractivity contribution < 1.29 is 0 Å². The van der Waals surface area contributed by atoms with Gasteiger partial charge in [-0.15, -0.1) is 0 Å². The molecule has 1 aliphatic rings. The van der Waals surface area contributed by atoms with Gasteiger partial charge in [0, 0.05) is 12.4 Å². The van der Waals surface area contributed by atoms with Crippen molar-refractivity contribution in [3.63, 3.8) is 0 Å². The molecule has 0 unspecified atom stereocenters. The van der Waals surface area contributed by atoms with Gasteiger partial charge in [0.2, 0.25) is 0 Å². The van der Waals surface area contributed by atoms with Crippen molar-refractivity contribution in [2.45, 2.75) is 70.9 Å². The number of rotatable bonds is 4. The van der Waals surface area contributed by atoms with Gasteiger partial charge in [0.15, 0.2) is 0 Å². The third-order valence-corrected chi connectivity index (χ3v) is 5.03. The van der Waals surface area contributed by atoms with Crippen LogP contribution in [0.3, 0.4) is 0 Å². The van der Waals surface area contributed by atoms with Crippen LogP contribution >= 0.6 is 0 Å². The third-order valence-electron chi connectivity index (χ3n) is 5.03. The highest BCUT2D eigenvalue weighted by atomic mass is 15.0. The molecule has 0 saturated carbocycles. The molecular weight excluding hydrogens is 294 g/mol. The number of pyridine rings is 2. The topological polar surface area (TPSA) is 37.8 Å². The number of aromatic nitrogens is 2. The van der Waals surface area contributed by atoms with E-state index in [1.165, 1.54) is 28.9 Å². The minimum Gasteiger partial charge on any atom is -0.300 e. The smallest absolute Gasteiger partial charge is 0.0607 e. The molecule has 0 amide bonds. The van der Waals surface area contributed by atoms with Crippen LogP contribution in [0.25, 0.3) is 0 Å². The Morgan fingerprint density at radius 2 is 1.29 bits per heavy atom. The molecular formula is C21H29N3. The Morgan fingerprint density at radius 1 is 0.833 bits per heavy atom. The lowest BCUT2D eigenvalue weighted by Crippen LogP contribution is -2.33. The maximum atomic E-state index is 4.73. The van der Waals surface area contributed by atoms with E-state index in [0.717, 1.165) is 12.8 Å². The van der Waals surface area contributed by atoms with Crippen LogP contribution in [0.4, 0.5) is 0 Å². The van der Waals surface area contributed by atoms with Crippen LogP contribution in [0.15, 0.2) is 36.7 Å². The SMILES string of the molecule is CC(C)c1cccnc1[C@@H]1CCC[C@H](c2ncccc2C(C)C)N1. The maximum absolute atomic E-state index is 4.73. The van der Waals surface area contributed by atoms with Crippen LogP contribution in [0, 0.1) is 0 Å². The highest BCUT2D eigenvalue weighted by Gasteiger charge is 2.28. The Hall–Kier alpha value is -1.74. The second-order valence-corrected chi connectivity index (χ2v) is 7.47. The quantitative estimate of drug-likeness (QED) is 0.832. The predicted molar refractivity (Wildman–Crippen MR) is 99.1 cm³/mol. The summed E-state index contributed by atoms with van der Waals surface area (Å²) in [5.41, 5.74) is 5.17. The standard InChI is InChI=1S/C21H29N3/c1-14(2)16-8-6-12-22-20(16)18-10-5-11-19(24-18)21-17(15(3)4)9-7-13-23-21/h6-9,12-15,18-19,24H,5,10-11H2,1-4H3/t18-,19+. The van der Waals surface area contributed by atoms with Crippen molar-refractivity contribution in [3.8, 4) is 0 Å². The molecule has 0 aromatic carbocycles. The lowest BCUT2D eigenvalue weighted by molar-refractivity contribution is 0.317. The highest BCUT2D eigenvalue weighted by Crippen LogP contribution is 2.36. The fraction of sp³-hybridized carbons (Fsp3) is 0.524. The zero-order valence-electron chi connectivity index (χ0n) is 15.3. The lowest BCUT2D eigenvalue weighted by atomic mass is 9.87. The molecule has 1 N–H and O–H groups in total. The fourth-order valence-electron chi connectivity index (χ4n) is 3.79. The van der Waals surface area contributed by atoms with Gasteiger partial charge in [-0.25, -0.2) is 0 Å². The summed E-state index contributed by atoms with van der Waals surface area (Å²) in [5, 5.41) is 3.85. The van der Waals surface area contributed by atoms with Crippen LogP contribution in [-0.2, 0) is 0 Å². The van der Waals surface area contributed by atoms with Crippen LogP contribution in [0.5, 0.6) is 0 Å². The van der Waals surface area contributed by atoms with Gasteiger partial charge < -0.3 is 5.32 Å². The molecule has 24 heavy (non-hydrogen) atoms. The lowest BCUT2D eigenvalue weighted by Gasteiger charge is -2.33. The minimum absolute atomic E-state index is 0.323. The number of nitrogens with zero attached hydrogens (tertiary/aromatic N) is 2. The zero-order chi connectivity index (χ0) is 17.1. The Kier molecular flexibility index (Phi) is 5.30. The molecule has 0 bridgehead atoms. The fourth-order valence-corrected chi connectivity index (χ4v) is 3.79. The van der Waals surface area contributed by atoms with E-state index in [1.807, 2.05) is 12.4 Å². The first-order valence-corrected chi connectivity index (χ1v) is 9.23. The Labute approximate surface area is 145 Å². The summed E-state index contributed by atoms with van der Waals surface area (Å²) in [6.45, 7) is 8.99. The van der Waals surface area contributed by atoms with Crippen molar-refractivity contribution in [2.24, 2.45) is 0 Å². The van der Waals surface area contributed by atoms with Crippen LogP contribution in [-0.4, -0.2) is 9.97 Å². The molecule has 3 nitrogen and oxygen atoms in total. The second kappa shape index (κ2) is 7.43. The molecule has 2 atom stereocenters. The van der Waals surface area contributed by atoms with E-state index in [0.29, 0.717) is 23.9 Å². The highest BCUT2D eigenvalue weighted by molar-refractivity contribution is 5.29. The van der Waals surface area contributed by atoms with Crippen LogP contribution in [0.2, 0.25) is 0 Å². The molecule has 3 rings (SSSR count). The third kappa shape index (κ3) is 3.51. The summed E-state index contributed by atoms with van der Waals surface area (Å²) in [4.78, 5) is 9.45. The van der Waals surface area contributed by atoms with Gasteiger partial charge in [-0.2, -0.15) is 0 Å². The molecule has 2 aromatic heterocycles. The van der Waals surface area contributed by atoms with E-state index in [1.54, 1.807) is 0 Å². The Balaban J connectivity index is 1.88. The maximum Gasteiger partial charge on any atom is 0.0607 e. The van der Waals surface area contributed by atoms with Crippen LogP contribution in [0.1, 0.15) is 93.4 Å². The first kappa shape index (κ1) is 17.1. The van der Waals surface area contributed by atoms with E-state index < -0.39 is 0 Å². The predicted octanol–water partition coefficient (Wildman–Crippen LogP) is 5.28. The number of piperidine rings is 1. The number of hydrogen-bond donors (Lipinski definition) is 1. The minimum atomic E-state index is 0.323. The van der Waals surface area contributed by atoms with Gasteiger partial charge in [-0.3, -0.25) is 9.97 Å². The number of nitrogens with one attached hydrogen (secondary N) is 1. The summed E-state index contributed by atoms with van der Waals surface area (Å²) in [6, 6.07) is 9.19. The molecule has 3 heteroatoms. The van der Waals surface area contributed by atoms with E-state index >= 15 is 0 Å². The average Bonchev–Trinajstić information content (AvgIpc) is 2.61. The zero-order valence-corrected chi connectivity index (χ0v) is 15.3. The summed E-state index contributed by atoms with van der Waals surface area (Å²) < 4.78 is 0. The van der Waals surface area contributed by atoms with Crippen molar-refractivity contribution in [2.75, 3.05) is 0 Å². The normalized spacial score (nSPS) is 21.4. The summed E-state index contributed by atoms with van der Waals surface area (Å²) in [7, 11) is 0. The van der Waals surface area contributed by atoms with Gasteiger partial charge in [0.1, 0.15) is 0 Å². The molecule has 3 heterocycles. The molecule has 2 aromatic rings. The van der Waals surface area contributed by atoms with Gasteiger partial charge in [-0.05, 0) is 54.4 Å². The molecule has 1 saturated heterocycles.